The lowest BCUT2D eigenvalue weighted by Crippen LogP contribution is -2.25. The summed E-state index contributed by atoms with van der Waals surface area (Å²) in [6, 6.07) is 0. The Hall–Kier alpha value is -1.85. The van der Waals surface area contributed by atoms with E-state index in [0.29, 0.717) is 31.2 Å². The van der Waals surface area contributed by atoms with Crippen molar-refractivity contribution in [1.29, 1.82) is 0 Å². The Morgan fingerprint density at radius 1 is 1.43 bits per heavy atom. The number of carboxylic acid groups (broad SMARTS) is 1. The number of carbonyl (C=O) groups is 1. The van der Waals surface area contributed by atoms with Crippen molar-refractivity contribution < 1.29 is 9.90 Å². The molecular weight excluding hydrogens is 270 g/mol. The molecule has 0 aliphatic carbocycles. The minimum atomic E-state index is -0.756. The molecule has 0 fully saturated rings. The fourth-order valence-electron chi connectivity index (χ4n) is 2.26. The molecule has 0 bridgehead atoms. The van der Waals surface area contributed by atoms with E-state index in [1.54, 1.807) is 17.0 Å². The smallest absolute Gasteiger partial charge is 0.303 e. The fourth-order valence-corrected chi connectivity index (χ4v) is 2.26. The predicted octanol–water partition coefficient (Wildman–Crippen LogP) is 2.35. The van der Waals surface area contributed by atoms with Gasteiger partial charge in [0.15, 0.2) is 5.82 Å². The van der Waals surface area contributed by atoms with Crippen molar-refractivity contribution in [2.75, 3.05) is 11.9 Å². The van der Waals surface area contributed by atoms with Crippen LogP contribution >= 0.6 is 0 Å². The molecule has 2 N–H and O–H groups in total. The molecule has 0 spiro atoms. The molecule has 0 saturated heterocycles. The van der Waals surface area contributed by atoms with E-state index in [-0.39, 0.29) is 12.0 Å². The molecule has 1 aromatic rings. The summed E-state index contributed by atoms with van der Waals surface area (Å²) in [7, 11) is 0. The van der Waals surface area contributed by atoms with E-state index in [1.807, 2.05) is 6.92 Å². The van der Waals surface area contributed by atoms with Crippen molar-refractivity contribution in [3.05, 3.63) is 22.7 Å². The van der Waals surface area contributed by atoms with Crippen LogP contribution in [0.3, 0.4) is 0 Å². The second-order valence-corrected chi connectivity index (χ2v) is 5.20. The number of hydrogen-bond acceptors (Lipinski definition) is 4. The minimum absolute atomic E-state index is 0.0991. The van der Waals surface area contributed by atoms with Gasteiger partial charge in [0.2, 0.25) is 0 Å². The number of hydrogen-bond donors (Lipinski definition) is 2. The number of rotatable bonds is 10. The van der Waals surface area contributed by atoms with Crippen molar-refractivity contribution in [2.45, 2.75) is 52.5 Å². The van der Waals surface area contributed by atoms with Gasteiger partial charge < -0.3 is 15.0 Å². The minimum Gasteiger partial charge on any atom is -0.481 e. The molecule has 0 radical (unpaired) electrons. The zero-order valence-corrected chi connectivity index (χ0v) is 12.8. The number of aromatic nitrogens is 2. The Kier molecular flexibility index (Phi) is 7.50. The Balaban J connectivity index is 2.49. The molecule has 6 heteroatoms. The number of anilines is 1. The topological polar surface area (TPSA) is 84.2 Å². The first-order valence-corrected chi connectivity index (χ1v) is 7.59. The van der Waals surface area contributed by atoms with E-state index in [9.17, 15) is 9.59 Å². The average Bonchev–Trinajstić information content (AvgIpc) is 2.46. The van der Waals surface area contributed by atoms with E-state index in [2.05, 4.69) is 17.2 Å². The molecule has 118 valence electrons. The molecule has 0 aliphatic heterocycles. The molecule has 0 aromatic carbocycles. The summed E-state index contributed by atoms with van der Waals surface area (Å²) in [6.45, 7) is 5.40. The molecular formula is C15H25N3O3. The summed E-state index contributed by atoms with van der Waals surface area (Å²) in [5.41, 5.74) is -0.0991. The van der Waals surface area contributed by atoms with Crippen LogP contribution in [0.5, 0.6) is 0 Å². The molecule has 0 aliphatic rings. The molecule has 0 amide bonds. The molecule has 1 aromatic heterocycles. The molecule has 1 atom stereocenters. The largest absolute Gasteiger partial charge is 0.481 e. The van der Waals surface area contributed by atoms with Crippen molar-refractivity contribution >= 4 is 11.8 Å². The van der Waals surface area contributed by atoms with E-state index >= 15 is 0 Å². The zero-order chi connectivity index (χ0) is 15.7. The van der Waals surface area contributed by atoms with Gasteiger partial charge in [-0.1, -0.05) is 20.3 Å². The van der Waals surface area contributed by atoms with Crippen molar-refractivity contribution in [2.24, 2.45) is 5.92 Å². The lowest BCUT2D eigenvalue weighted by atomic mass is 9.97. The SMILES string of the molecule is CCCn1ccnc(NCCC(CC)CCC(=O)O)c1=O. The van der Waals surface area contributed by atoms with Gasteiger partial charge in [-0.15, -0.1) is 0 Å². The molecule has 1 heterocycles. The van der Waals surface area contributed by atoms with Crippen LogP contribution in [-0.2, 0) is 11.3 Å². The maximum atomic E-state index is 12.1. The van der Waals surface area contributed by atoms with Crippen molar-refractivity contribution in [3.63, 3.8) is 0 Å². The normalized spacial score (nSPS) is 12.1. The van der Waals surface area contributed by atoms with Gasteiger partial charge in [0.05, 0.1) is 0 Å². The zero-order valence-electron chi connectivity index (χ0n) is 12.8. The Labute approximate surface area is 125 Å². The van der Waals surface area contributed by atoms with Crippen LogP contribution in [0.25, 0.3) is 0 Å². The first-order chi connectivity index (χ1) is 10.1. The maximum Gasteiger partial charge on any atom is 0.303 e. The van der Waals surface area contributed by atoms with Gasteiger partial charge in [-0.05, 0) is 25.2 Å². The highest BCUT2D eigenvalue weighted by molar-refractivity contribution is 5.66. The number of nitrogens with zero attached hydrogens (tertiary/aromatic N) is 2. The third-order valence-electron chi connectivity index (χ3n) is 3.57. The number of carboxylic acids is 1. The predicted molar refractivity (Wildman–Crippen MR) is 82.5 cm³/mol. The number of nitrogens with one attached hydrogen (secondary N) is 1. The van der Waals surface area contributed by atoms with Gasteiger partial charge >= 0.3 is 5.97 Å². The lowest BCUT2D eigenvalue weighted by Gasteiger charge is -2.14. The summed E-state index contributed by atoms with van der Waals surface area (Å²) >= 11 is 0. The van der Waals surface area contributed by atoms with Gasteiger partial charge in [-0.25, -0.2) is 4.98 Å². The highest BCUT2D eigenvalue weighted by Crippen LogP contribution is 2.15. The molecule has 1 unspecified atom stereocenters. The van der Waals surface area contributed by atoms with Gasteiger partial charge in [0.1, 0.15) is 0 Å². The third kappa shape index (κ3) is 5.97. The Morgan fingerprint density at radius 3 is 2.81 bits per heavy atom. The Morgan fingerprint density at radius 2 is 2.19 bits per heavy atom. The molecule has 0 saturated carbocycles. The van der Waals surface area contributed by atoms with E-state index in [0.717, 1.165) is 19.3 Å². The molecule has 1 rings (SSSR count). The van der Waals surface area contributed by atoms with E-state index < -0.39 is 5.97 Å². The second-order valence-electron chi connectivity index (χ2n) is 5.20. The highest BCUT2D eigenvalue weighted by atomic mass is 16.4. The quantitative estimate of drug-likeness (QED) is 0.692. The molecule has 21 heavy (non-hydrogen) atoms. The van der Waals surface area contributed by atoms with Crippen LogP contribution in [0.2, 0.25) is 0 Å². The summed E-state index contributed by atoms with van der Waals surface area (Å²) in [5, 5.41) is 11.8. The third-order valence-corrected chi connectivity index (χ3v) is 3.57. The van der Waals surface area contributed by atoms with Crippen LogP contribution in [0.4, 0.5) is 5.82 Å². The summed E-state index contributed by atoms with van der Waals surface area (Å²) < 4.78 is 1.65. The van der Waals surface area contributed by atoms with Crippen LogP contribution < -0.4 is 10.9 Å². The van der Waals surface area contributed by atoms with Gasteiger partial charge in [-0.2, -0.15) is 0 Å². The van der Waals surface area contributed by atoms with E-state index in [1.165, 1.54) is 0 Å². The van der Waals surface area contributed by atoms with Gasteiger partial charge in [-0.3, -0.25) is 9.59 Å². The van der Waals surface area contributed by atoms with E-state index in [4.69, 9.17) is 5.11 Å². The first-order valence-electron chi connectivity index (χ1n) is 7.59. The standard InChI is InChI=1S/C15H25N3O3/c1-3-10-18-11-9-17-14(15(18)21)16-8-7-12(4-2)5-6-13(19)20/h9,11-12H,3-8,10H2,1-2H3,(H,16,17)(H,19,20). The highest BCUT2D eigenvalue weighted by Gasteiger charge is 2.10. The second kappa shape index (κ2) is 9.15. The van der Waals surface area contributed by atoms with Crippen LogP contribution in [-0.4, -0.2) is 27.2 Å². The van der Waals surface area contributed by atoms with Gasteiger partial charge in [0, 0.05) is 31.9 Å². The Bertz CT molecular complexity index is 499. The first kappa shape index (κ1) is 17.2. The maximum absolute atomic E-state index is 12.1. The van der Waals surface area contributed by atoms with Crippen LogP contribution in [0.15, 0.2) is 17.2 Å². The van der Waals surface area contributed by atoms with Crippen molar-refractivity contribution in [1.82, 2.24) is 9.55 Å². The number of aliphatic carboxylic acids is 1. The summed E-state index contributed by atoms with van der Waals surface area (Å²) in [6.07, 6.45) is 6.88. The summed E-state index contributed by atoms with van der Waals surface area (Å²) in [4.78, 5) is 26.7. The summed E-state index contributed by atoms with van der Waals surface area (Å²) in [5.74, 6) is -0.0252. The van der Waals surface area contributed by atoms with Crippen molar-refractivity contribution in [3.8, 4) is 0 Å². The lowest BCUT2D eigenvalue weighted by molar-refractivity contribution is -0.137. The average molecular weight is 295 g/mol. The van der Waals surface area contributed by atoms with Crippen LogP contribution in [0.1, 0.15) is 46.0 Å². The number of aryl methyl sites for hydroxylation is 1. The molecule has 6 nitrogen and oxygen atoms in total. The van der Waals surface area contributed by atoms with Crippen LogP contribution in [0, 0.1) is 5.92 Å². The van der Waals surface area contributed by atoms with Gasteiger partial charge in [0.25, 0.3) is 5.56 Å². The monoisotopic (exact) mass is 295 g/mol. The fraction of sp³-hybridized carbons (Fsp3) is 0.667.